The largest absolute Gasteiger partial charge is 0.496 e. The summed E-state index contributed by atoms with van der Waals surface area (Å²) in [6, 6.07) is 3.76. The minimum Gasteiger partial charge on any atom is -0.496 e. The van der Waals surface area contributed by atoms with Gasteiger partial charge in [-0.15, -0.1) is 0 Å². The van der Waals surface area contributed by atoms with Gasteiger partial charge in [-0.25, -0.2) is 0 Å². The van der Waals surface area contributed by atoms with Crippen LogP contribution in [0, 0.1) is 10.1 Å². The van der Waals surface area contributed by atoms with Crippen molar-refractivity contribution in [2.24, 2.45) is 5.73 Å². The first kappa shape index (κ1) is 15.9. The molecule has 0 aliphatic heterocycles. The average molecular weight is 281 g/mol. The summed E-state index contributed by atoms with van der Waals surface area (Å²) < 4.78 is 5.04. The van der Waals surface area contributed by atoms with Gasteiger partial charge in [-0.05, 0) is 12.5 Å². The maximum absolute atomic E-state index is 12.1. The molecule has 0 heterocycles. The topological polar surface area (TPSA) is 107 Å². The van der Waals surface area contributed by atoms with Crippen molar-refractivity contribution < 1.29 is 14.5 Å². The zero-order valence-electron chi connectivity index (χ0n) is 11.6. The van der Waals surface area contributed by atoms with Gasteiger partial charge in [0.2, 0.25) is 0 Å². The van der Waals surface area contributed by atoms with Crippen LogP contribution in [0.2, 0.25) is 0 Å². The molecule has 1 aromatic rings. The molecule has 3 N–H and O–H groups in total. The lowest BCUT2D eigenvalue weighted by molar-refractivity contribution is -0.384. The zero-order valence-corrected chi connectivity index (χ0v) is 11.6. The number of non-ortho nitro benzene ring substituents is 1. The number of carbonyl (C=O) groups excluding carboxylic acids is 1. The second-order valence-electron chi connectivity index (χ2n) is 4.34. The fourth-order valence-electron chi connectivity index (χ4n) is 1.84. The highest BCUT2D eigenvalue weighted by atomic mass is 16.6. The molecule has 0 spiro atoms. The van der Waals surface area contributed by atoms with Crippen LogP contribution in [0.15, 0.2) is 18.2 Å². The molecule has 0 bridgehead atoms. The summed E-state index contributed by atoms with van der Waals surface area (Å²) in [5.41, 5.74) is 5.72. The van der Waals surface area contributed by atoms with E-state index in [0.29, 0.717) is 6.54 Å². The fourth-order valence-corrected chi connectivity index (χ4v) is 1.84. The van der Waals surface area contributed by atoms with Crippen LogP contribution in [0.5, 0.6) is 5.75 Å². The Morgan fingerprint density at radius 2 is 2.25 bits per heavy atom. The Hall–Kier alpha value is -2.15. The number of amides is 1. The molecular weight excluding hydrogens is 262 g/mol. The van der Waals surface area contributed by atoms with Crippen molar-refractivity contribution in [3.63, 3.8) is 0 Å². The van der Waals surface area contributed by atoms with Crippen molar-refractivity contribution in [2.45, 2.75) is 25.8 Å². The molecule has 1 rings (SSSR count). The smallest absolute Gasteiger partial charge is 0.273 e. The summed E-state index contributed by atoms with van der Waals surface area (Å²) in [5.74, 6) is -0.176. The quantitative estimate of drug-likeness (QED) is 0.581. The zero-order chi connectivity index (χ0) is 15.1. The van der Waals surface area contributed by atoms with Gasteiger partial charge in [0.25, 0.3) is 11.6 Å². The van der Waals surface area contributed by atoms with Crippen LogP contribution in [0.1, 0.15) is 30.1 Å². The third-order valence-electron chi connectivity index (χ3n) is 2.90. The summed E-state index contributed by atoms with van der Waals surface area (Å²) >= 11 is 0. The Morgan fingerprint density at radius 1 is 1.55 bits per heavy atom. The number of hydrogen-bond acceptors (Lipinski definition) is 5. The normalized spacial score (nSPS) is 11.8. The van der Waals surface area contributed by atoms with Gasteiger partial charge in [0.05, 0.1) is 23.7 Å². The summed E-state index contributed by atoms with van der Waals surface area (Å²) in [6.07, 6.45) is 1.68. The number of nitrogens with one attached hydrogen (secondary N) is 1. The van der Waals surface area contributed by atoms with Gasteiger partial charge in [0.15, 0.2) is 0 Å². The van der Waals surface area contributed by atoms with Gasteiger partial charge < -0.3 is 15.8 Å². The molecular formula is C13H19N3O4. The summed E-state index contributed by atoms with van der Waals surface area (Å²) in [4.78, 5) is 22.3. The number of rotatable bonds is 7. The van der Waals surface area contributed by atoms with Crippen molar-refractivity contribution in [3.05, 3.63) is 33.9 Å². The van der Waals surface area contributed by atoms with Gasteiger partial charge >= 0.3 is 0 Å². The monoisotopic (exact) mass is 281 g/mol. The molecule has 0 aliphatic rings. The average Bonchev–Trinajstić information content (AvgIpc) is 2.45. The number of ether oxygens (including phenoxy) is 1. The van der Waals surface area contributed by atoms with E-state index < -0.39 is 4.92 Å². The third kappa shape index (κ3) is 3.92. The minimum absolute atomic E-state index is 0.118. The highest BCUT2D eigenvalue weighted by molar-refractivity contribution is 5.97. The van der Waals surface area contributed by atoms with Crippen LogP contribution in [0.3, 0.4) is 0 Å². The number of nitro benzene ring substituents is 1. The van der Waals surface area contributed by atoms with Crippen LogP contribution >= 0.6 is 0 Å². The Kier molecular flexibility index (Phi) is 5.92. The minimum atomic E-state index is -0.538. The van der Waals surface area contributed by atoms with E-state index in [9.17, 15) is 14.9 Å². The predicted molar refractivity (Wildman–Crippen MR) is 74.9 cm³/mol. The van der Waals surface area contributed by atoms with Gasteiger partial charge in [-0.1, -0.05) is 13.3 Å². The van der Waals surface area contributed by atoms with E-state index in [2.05, 4.69) is 5.32 Å². The van der Waals surface area contributed by atoms with Gasteiger partial charge in [0.1, 0.15) is 5.75 Å². The molecule has 0 radical (unpaired) electrons. The summed E-state index contributed by atoms with van der Waals surface area (Å²) in [5, 5.41) is 13.5. The predicted octanol–water partition coefficient (Wildman–Crippen LogP) is 1.46. The van der Waals surface area contributed by atoms with Crippen LogP contribution in [0.25, 0.3) is 0 Å². The molecule has 110 valence electrons. The molecule has 0 aromatic heterocycles. The first-order valence-corrected chi connectivity index (χ1v) is 6.36. The highest BCUT2D eigenvalue weighted by Gasteiger charge is 2.18. The van der Waals surface area contributed by atoms with E-state index in [0.717, 1.165) is 12.8 Å². The van der Waals surface area contributed by atoms with Crippen molar-refractivity contribution in [1.82, 2.24) is 5.32 Å². The number of benzene rings is 1. The maximum atomic E-state index is 12.1. The molecule has 0 saturated carbocycles. The van der Waals surface area contributed by atoms with E-state index >= 15 is 0 Å². The second-order valence-corrected chi connectivity index (χ2v) is 4.34. The van der Waals surface area contributed by atoms with Crippen molar-refractivity contribution >= 4 is 11.6 Å². The molecule has 1 atom stereocenters. The highest BCUT2D eigenvalue weighted by Crippen LogP contribution is 2.24. The number of carbonyl (C=O) groups is 1. The van der Waals surface area contributed by atoms with Crippen LogP contribution in [0.4, 0.5) is 5.69 Å². The van der Waals surface area contributed by atoms with Crippen LogP contribution in [-0.4, -0.2) is 30.5 Å². The SMILES string of the molecule is CCCC(CN)NC(=O)c1ccc([N+](=O)[O-])cc1OC. The molecule has 20 heavy (non-hydrogen) atoms. The first-order valence-electron chi connectivity index (χ1n) is 6.36. The van der Waals surface area contributed by atoms with Gasteiger partial charge in [0, 0.05) is 18.7 Å². The van der Waals surface area contributed by atoms with Crippen molar-refractivity contribution in [1.29, 1.82) is 0 Å². The number of nitro groups is 1. The molecule has 1 amide bonds. The summed E-state index contributed by atoms with van der Waals surface area (Å²) in [7, 11) is 1.36. The lowest BCUT2D eigenvalue weighted by Gasteiger charge is -2.16. The number of nitrogens with zero attached hydrogens (tertiary/aromatic N) is 1. The maximum Gasteiger partial charge on any atom is 0.273 e. The fraction of sp³-hybridized carbons (Fsp3) is 0.462. The number of nitrogens with two attached hydrogens (primary N) is 1. The molecule has 7 heteroatoms. The molecule has 1 aromatic carbocycles. The Balaban J connectivity index is 2.94. The molecule has 0 saturated heterocycles. The lowest BCUT2D eigenvalue weighted by atomic mass is 10.1. The first-order chi connectivity index (χ1) is 9.53. The van der Waals surface area contributed by atoms with Crippen molar-refractivity contribution in [3.8, 4) is 5.75 Å². The number of methoxy groups -OCH3 is 1. The number of hydrogen-bond donors (Lipinski definition) is 2. The van der Waals surface area contributed by atoms with E-state index in [1.165, 1.54) is 25.3 Å². The van der Waals surface area contributed by atoms with Gasteiger partial charge in [-0.2, -0.15) is 0 Å². The Bertz CT molecular complexity index is 491. The second kappa shape index (κ2) is 7.44. The third-order valence-corrected chi connectivity index (χ3v) is 2.90. The van der Waals surface area contributed by atoms with E-state index in [1.807, 2.05) is 6.92 Å². The van der Waals surface area contributed by atoms with E-state index in [-0.39, 0.29) is 28.9 Å². The molecule has 0 fully saturated rings. The summed E-state index contributed by atoms with van der Waals surface area (Å²) in [6.45, 7) is 2.34. The Labute approximate surface area is 117 Å². The molecule has 0 aliphatic carbocycles. The van der Waals surface area contributed by atoms with E-state index in [1.54, 1.807) is 0 Å². The molecule has 7 nitrogen and oxygen atoms in total. The van der Waals surface area contributed by atoms with Crippen molar-refractivity contribution in [2.75, 3.05) is 13.7 Å². The van der Waals surface area contributed by atoms with Gasteiger partial charge in [-0.3, -0.25) is 14.9 Å². The lowest BCUT2D eigenvalue weighted by Crippen LogP contribution is -2.40. The van der Waals surface area contributed by atoms with Crippen LogP contribution in [-0.2, 0) is 0 Å². The Morgan fingerprint density at radius 3 is 2.75 bits per heavy atom. The molecule has 1 unspecified atom stereocenters. The van der Waals surface area contributed by atoms with E-state index in [4.69, 9.17) is 10.5 Å². The van der Waals surface area contributed by atoms with Crippen LogP contribution < -0.4 is 15.8 Å². The standard InChI is InChI=1S/C13H19N3O4/c1-3-4-9(8-14)15-13(17)11-6-5-10(16(18)19)7-12(11)20-2/h5-7,9H,3-4,8,14H2,1-2H3,(H,15,17).